The van der Waals surface area contributed by atoms with Crippen molar-refractivity contribution in [2.75, 3.05) is 26.7 Å². The maximum Gasteiger partial charge on any atom is 0.333 e. The van der Waals surface area contributed by atoms with Crippen molar-refractivity contribution >= 4 is 5.97 Å². The number of nitrogens with zero attached hydrogens (tertiary/aromatic N) is 1. The Morgan fingerprint density at radius 1 is 1.43 bits per heavy atom. The fraction of sp³-hybridized carbons (Fsp3) is 0.727. The van der Waals surface area contributed by atoms with Gasteiger partial charge in [-0.15, -0.1) is 0 Å². The molecule has 0 amide bonds. The molecule has 0 aliphatic heterocycles. The lowest BCUT2D eigenvalue weighted by molar-refractivity contribution is -0.139. The molecule has 0 aliphatic carbocycles. The van der Waals surface area contributed by atoms with Crippen molar-refractivity contribution in [3.8, 4) is 0 Å². The van der Waals surface area contributed by atoms with E-state index in [4.69, 9.17) is 4.74 Å². The highest BCUT2D eigenvalue weighted by molar-refractivity contribution is 5.86. The van der Waals surface area contributed by atoms with E-state index in [1.165, 1.54) is 12.8 Å². The predicted molar refractivity (Wildman–Crippen MR) is 58.2 cm³/mol. The van der Waals surface area contributed by atoms with E-state index in [1.807, 2.05) is 7.05 Å². The van der Waals surface area contributed by atoms with Gasteiger partial charge in [0.05, 0.1) is 0 Å². The van der Waals surface area contributed by atoms with Crippen molar-refractivity contribution in [3.05, 3.63) is 12.2 Å². The minimum atomic E-state index is -0.297. The van der Waals surface area contributed by atoms with E-state index in [1.54, 1.807) is 6.92 Å². The van der Waals surface area contributed by atoms with Crippen LogP contribution in [0.3, 0.4) is 0 Å². The first kappa shape index (κ1) is 13.2. The van der Waals surface area contributed by atoms with Crippen LogP contribution in [0.1, 0.15) is 26.7 Å². The molecule has 0 aromatic carbocycles. The summed E-state index contributed by atoms with van der Waals surface area (Å²) >= 11 is 0. The van der Waals surface area contributed by atoms with Gasteiger partial charge >= 0.3 is 5.97 Å². The summed E-state index contributed by atoms with van der Waals surface area (Å²) in [5.74, 6) is -0.297. The van der Waals surface area contributed by atoms with E-state index < -0.39 is 0 Å². The number of likely N-dealkylation sites (N-methyl/N-ethyl adjacent to an activating group) is 1. The van der Waals surface area contributed by atoms with Crippen molar-refractivity contribution in [2.24, 2.45) is 0 Å². The molecule has 0 saturated carbocycles. The van der Waals surface area contributed by atoms with Gasteiger partial charge in [0.25, 0.3) is 0 Å². The molecule has 0 radical (unpaired) electrons. The van der Waals surface area contributed by atoms with E-state index in [0.717, 1.165) is 13.1 Å². The molecule has 0 atom stereocenters. The monoisotopic (exact) mass is 199 g/mol. The first-order chi connectivity index (χ1) is 6.57. The van der Waals surface area contributed by atoms with Crippen LogP contribution in [0.25, 0.3) is 0 Å². The number of carbonyl (C=O) groups excluding carboxylic acids is 1. The van der Waals surface area contributed by atoms with Gasteiger partial charge in [-0.1, -0.05) is 19.9 Å². The van der Waals surface area contributed by atoms with Gasteiger partial charge in [0.15, 0.2) is 0 Å². The molecule has 0 spiro atoms. The molecule has 0 rings (SSSR count). The smallest absolute Gasteiger partial charge is 0.333 e. The minimum absolute atomic E-state index is 0.297. The minimum Gasteiger partial charge on any atom is -0.461 e. The van der Waals surface area contributed by atoms with Crippen molar-refractivity contribution in [1.82, 2.24) is 4.90 Å². The van der Waals surface area contributed by atoms with Gasteiger partial charge in [0.1, 0.15) is 6.61 Å². The van der Waals surface area contributed by atoms with Gasteiger partial charge in [-0.25, -0.2) is 4.79 Å². The summed E-state index contributed by atoms with van der Waals surface area (Å²) in [6, 6.07) is 0. The van der Waals surface area contributed by atoms with Gasteiger partial charge in [0.2, 0.25) is 0 Å². The summed E-state index contributed by atoms with van der Waals surface area (Å²) in [6.07, 6.45) is 2.38. The fourth-order valence-corrected chi connectivity index (χ4v) is 0.957. The first-order valence-corrected chi connectivity index (χ1v) is 5.09. The average Bonchev–Trinajstić information content (AvgIpc) is 2.14. The number of esters is 1. The van der Waals surface area contributed by atoms with E-state index in [2.05, 4.69) is 18.4 Å². The van der Waals surface area contributed by atoms with Crippen LogP contribution >= 0.6 is 0 Å². The van der Waals surface area contributed by atoms with Crippen LogP contribution in [-0.4, -0.2) is 37.6 Å². The molecule has 0 fully saturated rings. The van der Waals surface area contributed by atoms with Crippen LogP contribution in [0.4, 0.5) is 0 Å². The second-order valence-electron chi connectivity index (χ2n) is 3.57. The average molecular weight is 199 g/mol. The summed E-state index contributed by atoms with van der Waals surface area (Å²) in [5, 5.41) is 0. The zero-order valence-corrected chi connectivity index (χ0v) is 9.51. The topological polar surface area (TPSA) is 29.5 Å². The second-order valence-corrected chi connectivity index (χ2v) is 3.57. The molecule has 0 aromatic rings. The van der Waals surface area contributed by atoms with Gasteiger partial charge in [-0.3, -0.25) is 0 Å². The number of hydrogen-bond acceptors (Lipinski definition) is 3. The zero-order valence-electron chi connectivity index (χ0n) is 9.51. The molecule has 0 saturated heterocycles. The Labute approximate surface area is 86.7 Å². The Morgan fingerprint density at radius 2 is 2.07 bits per heavy atom. The lowest BCUT2D eigenvalue weighted by Crippen LogP contribution is -2.25. The van der Waals surface area contributed by atoms with Gasteiger partial charge in [0, 0.05) is 12.1 Å². The van der Waals surface area contributed by atoms with Crippen molar-refractivity contribution in [2.45, 2.75) is 26.7 Å². The SMILES string of the molecule is C=C(C)C(=O)OCCN(C)CCCC. The molecule has 14 heavy (non-hydrogen) atoms. The molecule has 0 unspecified atom stereocenters. The Balaban J connectivity index is 3.44. The normalized spacial score (nSPS) is 10.3. The van der Waals surface area contributed by atoms with Crippen LogP contribution in [0, 0.1) is 0 Å². The van der Waals surface area contributed by atoms with E-state index in [-0.39, 0.29) is 5.97 Å². The van der Waals surface area contributed by atoms with E-state index in [0.29, 0.717) is 12.2 Å². The molecule has 0 heterocycles. The quantitative estimate of drug-likeness (QED) is 0.463. The molecule has 82 valence electrons. The molecule has 0 aliphatic rings. The van der Waals surface area contributed by atoms with Crippen LogP contribution in [0.15, 0.2) is 12.2 Å². The lowest BCUT2D eigenvalue weighted by Gasteiger charge is -2.15. The number of unbranched alkanes of at least 4 members (excludes halogenated alkanes) is 1. The third-order valence-electron chi connectivity index (χ3n) is 1.95. The zero-order chi connectivity index (χ0) is 11.0. The first-order valence-electron chi connectivity index (χ1n) is 5.09. The Bertz CT molecular complexity index is 190. The molecular weight excluding hydrogens is 178 g/mol. The van der Waals surface area contributed by atoms with E-state index in [9.17, 15) is 4.79 Å². The summed E-state index contributed by atoms with van der Waals surface area (Å²) in [5.41, 5.74) is 0.459. The largest absolute Gasteiger partial charge is 0.461 e. The number of hydrogen-bond donors (Lipinski definition) is 0. The van der Waals surface area contributed by atoms with Crippen molar-refractivity contribution in [1.29, 1.82) is 0 Å². The maximum atomic E-state index is 11.0. The van der Waals surface area contributed by atoms with Crippen LogP contribution in [0.5, 0.6) is 0 Å². The molecule has 0 N–H and O–H groups in total. The van der Waals surface area contributed by atoms with Crippen LogP contribution in [0.2, 0.25) is 0 Å². The Morgan fingerprint density at radius 3 is 2.57 bits per heavy atom. The van der Waals surface area contributed by atoms with Gasteiger partial charge in [-0.05, 0) is 26.9 Å². The van der Waals surface area contributed by atoms with Gasteiger partial charge in [-0.2, -0.15) is 0 Å². The highest BCUT2D eigenvalue weighted by Crippen LogP contribution is 1.94. The number of carbonyl (C=O) groups is 1. The molecular formula is C11H21NO2. The van der Waals surface area contributed by atoms with Crippen LogP contribution in [-0.2, 0) is 9.53 Å². The summed E-state index contributed by atoms with van der Waals surface area (Å²) in [7, 11) is 2.03. The third-order valence-corrected chi connectivity index (χ3v) is 1.95. The summed E-state index contributed by atoms with van der Waals surface area (Å²) in [6.45, 7) is 9.63. The summed E-state index contributed by atoms with van der Waals surface area (Å²) in [4.78, 5) is 13.2. The third kappa shape index (κ3) is 6.66. The van der Waals surface area contributed by atoms with Crippen LogP contribution < -0.4 is 0 Å². The predicted octanol–water partition coefficient (Wildman–Crippen LogP) is 1.84. The molecule has 0 bridgehead atoms. The van der Waals surface area contributed by atoms with Crippen molar-refractivity contribution in [3.63, 3.8) is 0 Å². The molecule has 0 aromatic heterocycles. The number of ether oxygens (including phenoxy) is 1. The summed E-state index contributed by atoms with van der Waals surface area (Å²) < 4.78 is 4.97. The number of rotatable bonds is 7. The lowest BCUT2D eigenvalue weighted by atomic mass is 10.3. The maximum absolute atomic E-state index is 11.0. The molecule has 3 heteroatoms. The molecule has 3 nitrogen and oxygen atoms in total. The Kier molecular flexibility index (Phi) is 7.11. The second kappa shape index (κ2) is 7.56. The van der Waals surface area contributed by atoms with E-state index >= 15 is 0 Å². The highest BCUT2D eigenvalue weighted by atomic mass is 16.5. The van der Waals surface area contributed by atoms with Crippen molar-refractivity contribution < 1.29 is 9.53 Å². The highest BCUT2D eigenvalue weighted by Gasteiger charge is 2.03. The van der Waals surface area contributed by atoms with Gasteiger partial charge < -0.3 is 9.64 Å². The Hall–Kier alpha value is -0.830. The standard InChI is InChI=1S/C11H21NO2/c1-5-6-7-12(4)8-9-14-11(13)10(2)3/h2,5-9H2,1,3-4H3. The fourth-order valence-electron chi connectivity index (χ4n) is 0.957.